The molecule has 0 saturated carbocycles. The maximum Gasteiger partial charge on any atom is 0.418 e. The minimum Gasteiger partial charge on any atom is -0.508 e. The molecule has 0 aliphatic rings. The van der Waals surface area contributed by atoms with Crippen LogP contribution >= 0.6 is 23.2 Å². The van der Waals surface area contributed by atoms with Crippen LogP contribution in [-0.2, 0) is 5.41 Å². The normalized spacial score (nSPS) is 14.6. The van der Waals surface area contributed by atoms with Crippen molar-refractivity contribution in [2.24, 2.45) is 0 Å². The number of phenols is 1. The van der Waals surface area contributed by atoms with E-state index in [0.29, 0.717) is 0 Å². The highest BCUT2D eigenvalue weighted by molar-refractivity contribution is 6.35. The summed E-state index contributed by atoms with van der Waals surface area (Å²) in [5.41, 5.74) is -4.42. The van der Waals surface area contributed by atoms with Gasteiger partial charge in [-0.2, -0.15) is 13.2 Å². The number of aliphatic hydroxyl groups is 1. The minimum absolute atomic E-state index is 0.0408. The van der Waals surface area contributed by atoms with Gasteiger partial charge in [-0.25, -0.2) is 4.39 Å². The van der Waals surface area contributed by atoms with Crippen molar-refractivity contribution in [3.8, 4) is 5.75 Å². The van der Waals surface area contributed by atoms with Gasteiger partial charge in [-0.15, -0.1) is 0 Å². The number of phenolic OH excluding ortho intramolecular Hbond substituents is 1. The number of hydrogen-bond acceptors (Lipinski definition) is 3. The predicted octanol–water partition coefficient (Wildman–Crippen LogP) is 5.91. The molecule has 0 bridgehead atoms. The van der Waals surface area contributed by atoms with E-state index in [2.05, 4.69) is 5.32 Å². The molecule has 0 aromatic heterocycles. The van der Waals surface area contributed by atoms with Gasteiger partial charge in [-0.1, -0.05) is 37.0 Å². The Labute approximate surface area is 169 Å². The third-order valence-electron chi connectivity index (χ3n) is 4.40. The van der Waals surface area contributed by atoms with Crippen molar-refractivity contribution in [1.82, 2.24) is 0 Å². The first-order valence-electron chi connectivity index (χ1n) is 8.22. The molecule has 1 unspecified atom stereocenters. The van der Waals surface area contributed by atoms with Gasteiger partial charge < -0.3 is 15.5 Å². The summed E-state index contributed by atoms with van der Waals surface area (Å²) in [5, 5.41) is 23.4. The molecule has 0 saturated heterocycles. The van der Waals surface area contributed by atoms with E-state index in [1.54, 1.807) is 0 Å². The molecule has 0 spiro atoms. The van der Waals surface area contributed by atoms with E-state index < -0.39 is 36.0 Å². The van der Waals surface area contributed by atoms with Gasteiger partial charge >= 0.3 is 6.18 Å². The Morgan fingerprint density at radius 1 is 1.00 bits per heavy atom. The Bertz CT molecular complexity index is 838. The van der Waals surface area contributed by atoms with Gasteiger partial charge in [-0.3, -0.25) is 0 Å². The lowest BCUT2D eigenvalue weighted by atomic mass is 9.74. The highest BCUT2D eigenvalue weighted by Crippen LogP contribution is 2.43. The van der Waals surface area contributed by atoms with Gasteiger partial charge in [-0.05, 0) is 48.2 Å². The van der Waals surface area contributed by atoms with Gasteiger partial charge in [0.1, 0.15) is 11.6 Å². The summed E-state index contributed by atoms with van der Waals surface area (Å²) < 4.78 is 54.7. The van der Waals surface area contributed by atoms with Gasteiger partial charge in [0.15, 0.2) is 5.60 Å². The number of halogens is 6. The van der Waals surface area contributed by atoms with E-state index in [0.717, 1.165) is 18.2 Å². The molecule has 2 aromatic carbocycles. The number of alkyl halides is 3. The number of nitrogens with one attached hydrogen (secondary N) is 1. The van der Waals surface area contributed by atoms with Gasteiger partial charge in [0.05, 0.1) is 6.54 Å². The van der Waals surface area contributed by atoms with Crippen LogP contribution in [0.25, 0.3) is 0 Å². The van der Waals surface area contributed by atoms with Gasteiger partial charge in [0.2, 0.25) is 0 Å². The SMILES string of the molecule is CC(C)(CC(O)(CNc1cc(Cl)cc(Cl)c1)C(F)(F)F)c1cc(F)ccc1O. The van der Waals surface area contributed by atoms with Crippen molar-refractivity contribution in [1.29, 1.82) is 0 Å². The third kappa shape index (κ3) is 5.21. The van der Waals surface area contributed by atoms with Crippen LogP contribution in [0, 0.1) is 5.82 Å². The molecule has 9 heteroatoms. The molecule has 3 N–H and O–H groups in total. The zero-order valence-electron chi connectivity index (χ0n) is 15.0. The monoisotopic (exact) mass is 439 g/mol. The van der Waals surface area contributed by atoms with Gasteiger partial charge in [0.25, 0.3) is 0 Å². The molecule has 0 aliphatic carbocycles. The third-order valence-corrected chi connectivity index (χ3v) is 4.83. The van der Waals surface area contributed by atoms with Crippen LogP contribution in [0.4, 0.5) is 23.2 Å². The number of anilines is 1. The predicted molar refractivity (Wildman–Crippen MR) is 102 cm³/mol. The second-order valence-electron chi connectivity index (χ2n) is 7.26. The van der Waals surface area contributed by atoms with E-state index in [1.165, 1.54) is 32.0 Å². The molecule has 1 atom stereocenters. The van der Waals surface area contributed by atoms with Crippen LogP contribution in [-0.4, -0.2) is 28.5 Å². The zero-order chi connectivity index (χ0) is 21.3. The summed E-state index contributed by atoms with van der Waals surface area (Å²) in [6.07, 6.45) is -5.83. The van der Waals surface area contributed by atoms with Crippen LogP contribution in [0.1, 0.15) is 25.8 Å². The fraction of sp³-hybridized carbons (Fsp3) is 0.368. The number of aromatic hydroxyl groups is 1. The molecule has 0 amide bonds. The van der Waals surface area contributed by atoms with Crippen molar-refractivity contribution in [3.05, 3.63) is 57.8 Å². The summed E-state index contributed by atoms with van der Waals surface area (Å²) in [4.78, 5) is 0. The van der Waals surface area contributed by atoms with Gasteiger partial charge in [0, 0.05) is 21.3 Å². The van der Waals surface area contributed by atoms with Crippen LogP contribution in [0.3, 0.4) is 0 Å². The molecular weight excluding hydrogens is 421 g/mol. The summed E-state index contributed by atoms with van der Waals surface area (Å²) in [7, 11) is 0. The first-order chi connectivity index (χ1) is 12.7. The van der Waals surface area contributed by atoms with E-state index in [-0.39, 0.29) is 27.0 Å². The molecule has 154 valence electrons. The Morgan fingerprint density at radius 2 is 1.57 bits per heavy atom. The van der Waals surface area contributed by atoms with E-state index >= 15 is 0 Å². The quantitative estimate of drug-likeness (QED) is 0.490. The fourth-order valence-electron chi connectivity index (χ4n) is 3.04. The van der Waals surface area contributed by atoms with Crippen LogP contribution < -0.4 is 5.32 Å². The zero-order valence-corrected chi connectivity index (χ0v) is 16.6. The van der Waals surface area contributed by atoms with Crippen LogP contribution in [0.5, 0.6) is 5.75 Å². The Kier molecular flexibility index (Phi) is 6.43. The van der Waals surface area contributed by atoms with E-state index in [1.807, 2.05) is 0 Å². The standard InChI is InChI=1S/C19H19Cl2F4NO2/c1-17(2,15-8-13(22)3-4-16(15)27)9-18(28,19(23,24)25)10-26-14-6-11(20)5-12(21)7-14/h3-8,26-28H,9-10H2,1-2H3. The first-order valence-corrected chi connectivity index (χ1v) is 8.97. The summed E-state index contributed by atoms with van der Waals surface area (Å²) in [5.74, 6) is -1.06. The summed E-state index contributed by atoms with van der Waals surface area (Å²) in [6.45, 7) is 1.87. The maximum absolute atomic E-state index is 13.7. The Balaban J connectivity index is 2.32. The first kappa shape index (κ1) is 22.6. The molecule has 2 rings (SSSR count). The molecule has 28 heavy (non-hydrogen) atoms. The molecular formula is C19H19Cl2F4NO2. The smallest absolute Gasteiger partial charge is 0.418 e. The average molecular weight is 440 g/mol. The van der Waals surface area contributed by atoms with E-state index in [4.69, 9.17) is 23.2 Å². The van der Waals surface area contributed by atoms with Crippen molar-refractivity contribution in [2.45, 2.75) is 37.5 Å². The second-order valence-corrected chi connectivity index (χ2v) is 8.14. The molecule has 0 radical (unpaired) electrons. The molecule has 2 aromatic rings. The second kappa shape index (κ2) is 7.97. The summed E-state index contributed by atoms with van der Waals surface area (Å²) >= 11 is 11.7. The van der Waals surface area contributed by atoms with Crippen molar-refractivity contribution in [2.75, 3.05) is 11.9 Å². The number of hydrogen-bond donors (Lipinski definition) is 3. The lowest BCUT2D eigenvalue weighted by molar-refractivity contribution is -0.260. The summed E-state index contributed by atoms with van der Waals surface area (Å²) in [6, 6.07) is 7.17. The molecule has 0 aliphatic heterocycles. The van der Waals surface area contributed by atoms with Crippen molar-refractivity contribution < 1.29 is 27.8 Å². The largest absolute Gasteiger partial charge is 0.508 e. The van der Waals surface area contributed by atoms with Crippen molar-refractivity contribution in [3.63, 3.8) is 0 Å². The fourth-order valence-corrected chi connectivity index (χ4v) is 3.57. The topological polar surface area (TPSA) is 52.5 Å². The number of benzene rings is 2. The van der Waals surface area contributed by atoms with Crippen molar-refractivity contribution >= 4 is 28.9 Å². The Hall–Kier alpha value is -1.70. The minimum atomic E-state index is -5.00. The van der Waals surface area contributed by atoms with Crippen LogP contribution in [0.15, 0.2) is 36.4 Å². The highest BCUT2D eigenvalue weighted by atomic mass is 35.5. The Morgan fingerprint density at radius 3 is 2.11 bits per heavy atom. The average Bonchev–Trinajstić information content (AvgIpc) is 2.53. The maximum atomic E-state index is 13.7. The molecule has 0 heterocycles. The van der Waals surface area contributed by atoms with E-state index in [9.17, 15) is 27.8 Å². The highest BCUT2D eigenvalue weighted by Gasteiger charge is 2.56. The lowest BCUT2D eigenvalue weighted by Crippen LogP contribution is -2.53. The lowest BCUT2D eigenvalue weighted by Gasteiger charge is -2.38. The van der Waals surface area contributed by atoms with Crippen LogP contribution in [0.2, 0.25) is 10.0 Å². The molecule has 0 fully saturated rings. The number of rotatable bonds is 6. The molecule has 3 nitrogen and oxygen atoms in total.